The van der Waals surface area contributed by atoms with Crippen LogP contribution in [0, 0.1) is 5.82 Å². The highest BCUT2D eigenvalue weighted by Gasteiger charge is 2.34. The Kier molecular flexibility index (Phi) is 3.85. The second-order valence-electron chi connectivity index (χ2n) is 6.07. The number of nitrogens with zero attached hydrogens (tertiary/aromatic N) is 1. The molecular weight excluding hydrogens is 239 g/mol. The van der Waals surface area contributed by atoms with Crippen LogP contribution < -0.4 is 5.32 Å². The van der Waals surface area contributed by atoms with E-state index in [2.05, 4.69) is 17.1 Å². The lowest BCUT2D eigenvalue weighted by atomic mass is 10.1. The van der Waals surface area contributed by atoms with E-state index in [9.17, 15) is 4.39 Å². The first-order chi connectivity index (χ1) is 9.22. The van der Waals surface area contributed by atoms with Crippen molar-refractivity contribution in [2.24, 2.45) is 0 Å². The smallest absolute Gasteiger partial charge is 0.126 e. The van der Waals surface area contributed by atoms with Gasteiger partial charge in [0, 0.05) is 31.2 Å². The lowest BCUT2D eigenvalue weighted by molar-refractivity contribution is 0.313. The van der Waals surface area contributed by atoms with Crippen LogP contribution in [0.1, 0.15) is 31.7 Å². The number of likely N-dealkylation sites (tertiary alicyclic amines) is 1. The molecule has 0 bridgehead atoms. The molecule has 104 valence electrons. The first-order valence-electron chi connectivity index (χ1n) is 7.46. The van der Waals surface area contributed by atoms with Gasteiger partial charge in [0.15, 0.2) is 0 Å². The second-order valence-corrected chi connectivity index (χ2v) is 6.07. The Bertz CT molecular complexity index is 431. The quantitative estimate of drug-likeness (QED) is 0.877. The summed E-state index contributed by atoms with van der Waals surface area (Å²) in [6.45, 7) is 4.56. The third-order valence-corrected chi connectivity index (χ3v) is 4.29. The monoisotopic (exact) mass is 262 g/mol. The van der Waals surface area contributed by atoms with E-state index in [0.29, 0.717) is 12.1 Å². The summed E-state index contributed by atoms with van der Waals surface area (Å²) in [5.41, 5.74) is 0.819. The van der Waals surface area contributed by atoms with Crippen LogP contribution in [0.15, 0.2) is 24.3 Å². The van der Waals surface area contributed by atoms with Crippen molar-refractivity contribution in [1.29, 1.82) is 0 Å². The van der Waals surface area contributed by atoms with Gasteiger partial charge < -0.3 is 5.32 Å². The molecule has 1 N–H and O–H groups in total. The van der Waals surface area contributed by atoms with Crippen LogP contribution in [-0.4, -0.2) is 36.1 Å². The first kappa shape index (κ1) is 13.1. The maximum atomic E-state index is 13.6. The maximum Gasteiger partial charge on any atom is 0.126 e. The standard InChI is InChI=1S/C16H23FN2/c1-12(10-13-4-2-3-5-16(13)17)18-14-8-9-19(11-14)15-6-7-15/h2-5,12,14-15,18H,6-11H2,1H3. The Morgan fingerprint density at radius 3 is 2.84 bits per heavy atom. The number of rotatable bonds is 5. The molecule has 1 aromatic rings. The molecule has 3 heteroatoms. The Labute approximate surface area is 115 Å². The minimum absolute atomic E-state index is 0.0813. The molecule has 0 amide bonds. The highest BCUT2D eigenvalue weighted by molar-refractivity contribution is 5.18. The third-order valence-electron chi connectivity index (χ3n) is 4.29. The van der Waals surface area contributed by atoms with Crippen LogP contribution in [0.4, 0.5) is 4.39 Å². The average Bonchev–Trinajstić information content (AvgIpc) is 3.14. The summed E-state index contributed by atoms with van der Waals surface area (Å²) >= 11 is 0. The minimum atomic E-state index is -0.0813. The molecule has 0 aromatic heterocycles. The molecule has 2 fully saturated rings. The number of nitrogens with one attached hydrogen (secondary N) is 1. The van der Waals surface area contributed by atoms with Gasteiger partial charge in [-0.25, -0.2) is 4.39 Å². The van der Waals surface area contributed by atoms with Crippen molar-refractivity contribution < 1.29 is 4.39 Å². The van der Waals surface area contributed by atoms with E-state index >= 15 is 0 Å². The van der Waals surface area contributed by atoms with Crippen molar-refractivity contribution in [3.8, 4) is 0 Å². The van der Waals surface area contributed by atoms with Crippen LogP contribution in [0.25, 0.3) is 0 Å². The van der Waals surface area contributed by atoms with Crippen molar-refractivity contribution in [1.82, 2.24) is 10.2 Å². The van der Waals surface area contributed by atoms with Crippen molar-refractivity contribution in [2.45, 2.75) is 50.7 Å². The SMILES string of the molecule is CC(Cc1ccccc1F)NC1CCN(C2CC2)C1. The van der Waals surface area contributed by atoms with Crippen LogP contribution in [0.2, 0.25) is 0 Å². The molecular formula is C16H23FN2. The van der Waals surface area contributed by atoms with Crippen LogP contribution in [0.5, 0.6) is 0 Å². The van der Waals surface area contributed by atoms with E-state index in [1.54, 1.807) is 12.1 Å². The van der Waals surface area contributed by atoms with Gasteiger partial charge in [0.2, 0.25) is 0 Å². The molecule has 3 rings (SSSR count). The minimum Gasteiger partial charge on any atom is -0.310 e. The summed E-state index contributed by atoms with van der Waals surface area (Å²) in [6.07, 6.45) is 4.78. The fourth-order valence-electron chi connectivity index (χ4n) is 3.15. The molecule has 1 saturated carbocycles. The van der Waals surface area contributed by atoms with Crippen molar-refractivity contribution in [3.05, 3.63) is 35.6 Å². The fraction of sp³-hybridized carbons (Fsp3) is 0.625. The van der Waals surface area contributed by atoms with Gasteiger partial charge >= 0.3 is 0 Å². The van der Waals surface area contributed by atoms with Gasteiger partial charge in [-0.15, -0.1) is 0 Å². The topological polar surface area (TPSA) is 15.3 Å². The third kappa shape index (κ3) is 3.34. The molecule has 19 heavy (non-hydrogen) atoms. The molecule has 2 aliphatic rings. The Morgan fingerprint density at radius 1 is 1.32 bits per heavy atom. The molecule has 2 unspecified atom stereocenters. The van der Waals surface area contributed by atoms with E-state index < -0.39 is 0 Å². The van der Waals surface area contributed by atoms with Gasteiger partial charge in [0.1, 0.15) is 5.82 Å². The van der Waals surface area contributed by atoms with Crippen LogP contribution in [0.3, 0.4) is 0 Å². The van der Waals surface area contributed by atoms with E-state index in [-0.39, 0.29) is 5.82 Å². The molecule has 1 saturated heterocycles. The molecule has 2 atom stereocenters. The molecule has 1 heterocycles. The zero-order chi connectivity index (χ0) is 13.2. The lowest BCUT2D eigenvalue weighted by Crippen LogP contribution is -2.40. The van der Waals surface area contributed by atoms with E-state index in [1.165, 1.54) is 32.4 Å². The summed E-state index contributed by atoms with van der Waals surface area (Å²) in [4.78, 5) is 2.60. The van der Waals surface area contributed by atoms with E-state index in [0.717, 1.165) is 18.0 Å². The fourth-order valence-corrected chi connectivity index (χ4v) is 3.15. The average molecular weight is 262 g/mol. The number of hydrogen-bond donors (Lipinski definition) is 1. The van der Waals surface area contributed by atoms with Crippen LogP contribution >= 0.6 is 0 Å². The Morgan fingerprint density at radius 2 is 2.11 bits per heavy atom. The van der Waals surface area contributed by atoms with Gasteiger partial charge in [-0.1, -0.05) is 18.2 Å². The molecule has 1 aromatic carbocycles. The highest BCUT2D eigenvalue weighted by atomic mass is 19.1. The number of benzene rings is 1. The normalized spacial score (nSPS) is 25.7. The molecule has 0 spiro atoms. The number of halogens is 1. The Balaban J connectivity index is 1.49. The molecule has 0 radical (unpaired) electrons. The largest absolute Gasteiger partial charge is 0.310 e. The predicted molar refractivity (Wildman–Crippen MR) is 75.7 cm³/mol. The van der Waals surface area contributed by atoms with E-state index in [1.807, 2.05) is 12.1 Å². The van der Waals surface area contributed by atoms with Gasteiger partial charge in [-0.05, 0) is 44.2 Å². The van der Waals surface area contributed by atoms with Gasteiger partial charge in [-0.3, -0.25) is 4.90 Å². The van der Waals surface area contributed by atoms with Gasteiger partial charge in [-0.2, -0.15) is 0 Å². The predicted octanol–water partition coefficient (Wildman–Crippen LogP) is 2.58. The van der Waals surface area contributed by atoms with Crippen molar-refractivity contribution in [3.63, 3.8) is 0 Å². The maximum absolute atomic E-state index is 13.6. The summed E-state index contributed by atoms with van der Waals surface area (Å²) in [6, 6.07) is 8.89. The molecule has 1 aliphatic carbocycles. The van der Waals surface area contributed by atoms with Crippen LogP contribution in [-0.2, 0) is 6.42 Å². The van der Waals surface area contributed by atoms with E-state index in [4.69, 9.17) is 0 Å². The summed E-state index contributed by atoms with van der Waals surface area (Å²) < 4.78 is 13.6. The zero-order valence-corrected chi connectivity index (χ0v) is 11.6. The van der Waals surface area contributed by atoms with Gasteiger partial charge in [0.25, 0.3) is 0 Å². The highest BCUT2D eigenvalue weighted by Crippen LogP contribution is 2.29. The first-order valence-corrected chi connectivity index (χ1v) is 7.46. The van der Waals surface area contributed by atoms with Crippen molar-refractivity contribution in [2.75, 3.05) is 13.1 Å². The lowest BCUT2D eigenvalue weighted by Gasteiger charge is -2.20. The summed E-state index contributed by atoms with van der Waals surface area (Å²) in [7, 11) is 0. The number of hydrogen-bond acceptors (Lipinski definition) is 2. The molecule has 2 nitrogen and oxygen atoms in total. The zero-order valence-electron chi connectivity index (χ0n) is 11.6. The Hall–Kier alpha value is -0.930. The summed E-state index contributed by atoms with van der Waals surface area (Å²) in [5, 5.41) is 3.66. The molecule has 1 aliphatic heterocycles. The summed E-state index contributed by atoms with van der Waals surface area (Å²) in [5.74, 6) is -0.0813. The van der Waals surface area contributed by atoms with Gasteiger partial charge in [0.05, 0.1) is 0 Å². The second kappa shape index (κ2) is 5.59. The van der Waals surface area contributed by atoms with Crippen molar-refractivity contribution >= 4 is 0 Å².